The van der Waals surface area contributed by atoms with Gasteiger partial charge in [0.05, 0.1) is 19.2 Å². The minimum absolute atomic E-state index is 0. The molecule has 4 aliphatic rings. The number of carboxylic acids is 1. The van der Waals surface area contributed by atoms with Gasteiger partial charge in [-0.05, 0) is 6.42 Å². The van der Waals surface area contributed by atoms with Gasteiger partial charge >= 0.3 is 29.6 Å². The van der Waals surface area contributed by atoms with E-state index in [0.29, 0.717) is 12.8 Å². The Morgan fingerprint density at radius 3 is 1.46 bits per heavy atom. The maximum atomic E-state index is 13.1. The van der Waals surface area contributed by atoms with Gasteiger partial charge in [0.2, 0.25) is 11.8 Å². The zero-order valence-electron chi connectivity index (χ0n) is 33.4. The Kier molecular flexibility index (Phi) is 20.3. The molecule has 4 saturated heterocycles. The van der Waals surface area contributed by atoms with Crippen molar-refractivity contribution in [1.29, 1.82) is 0 Å². The second-order valence-corrected chi connectivity index (χ2v) is 14.3. The van der Waals surface area contributed by atoms with Crippen LogP contribution in [0.2, 0.25) is 0 Å². The summed E-state index contributed by atoms with van der Waals surface area (Å²) in [6.07, 6.45) is -31.7. The predicted molar refractivity (Wildman–Crippen MR) is 182 cm³/mol. The van der Waals surface area contributed by atoms with Crippen molar-refractivity contribution in [3.8, 4) is 0 Å². The number of nitrogens with one attached hydrogen (secondary N) is 2. The number of hydrogen-bond acceptors (Lipinski definition) is 22. The van der Waals surface area contributed by atoms with Crippen LogP contribution in [0.5, 0.6) is 0 Å². The largest absolute Gasteiger partial charge is 1.00 e. The van der Waals surface area contributed by atoms with Gasteiger partial charge in [-0.15, -0.1) is 0 Å². The van der Waals surface area contributed by atoms with Gasteiger partial charge in [0.1, 0.15) is 97.5 Å². The summed E-state index contributed by atoms with van der Waals surface area (Å²) in [5.41, 5.74) is 0. The molecule has 0 aromatic heterocycles. The van der Waals surface area contributed by atoms with Gasteiger partial charge in [-0.2, -0.15) is 0 Å². The molecule has 59 heavy (non-hydrogen) atoms. The molecular formula is C34H55N2NaO22. The number of aliphatic carboxylic acids is 1. The normalized spacial score (nSPS) is 42.6. The number of aliphatic hydroxyl groups is 8. The third-order valence-electron chi connectivity index (χ3n) is 10.2. The van der Waals surface area contributed by atoms with Crippen LogP contribution in [0.1, 0.15) is 40.0 Å². The summed E-state index contributed by atoms with van der Waals surface area (Å²) < 4.78 is 50.4. The summed E-state index contributed by atoms with van der Waals surface area (Å²) in [6, 6.07) is -3.05. The van der Waals surface area contributed by atoms with Crippen LogP contribution in [0.4, 0.5) is 0 Å². The molecule has 24 nitrogen and oxygen atoms in total. The Labute approximate surface area is 360 Å². The van der Waals surface area contributed by atoms with Crippen molar-refractivity contribution in [2.24, 2.45) is 0 Å². The summed E-state index contributed by atoms with van der Waals surface area (Å²) in [5.74, 6) is -4.01. The number of rotatable bonds is 17. The van der Waals surface area contributed by atoms with Crippen LogP contribution in [-0.2, 0) is 61.8 Å². The second-order valence-electron chi connectivity index (χ2n) is 14.3. The number of amides is 2. The topological polar surface area (TPSA) is 360 Å². The molecule has 25 heteroatoms. The number of ketones is 1. The van der Waals surface area contributed by atoms with E-state index in [1.807, 2.05) is 6.92 Å². The van der Waals surface area contributed by atoms with Crippen molar-refractivity contribution in [1.82, 2.24) is 10.6 Å². The van der Waals surface area contributed by atoms with Crippen LogP contribution in [-0.4, -0.2) is 215 Å². The molecule has 0 spiro atoms. The van der Waals surface area contributed by atoms with Crippen LogP contribution in [0.25, 0.3) is 0 Å². The van der Waals surface area contributed by atoms with Crippen molar-refractivity contribution in [3.63, 3.8) is 0 Å². The Bertz CT molecular complexity index is 1390. The number of unbranched alkanes of at least 4 members (excludes halogenated alkanes) is 1. The maximum absolute atomic E-state index is 13.1. The minimum Gasteiger partial charge on any atom is -0.547 e. The van der Waals surface area contributed by atoms with Crippen molar-refractivity contribution < 1.29 is 137 Å². The molecule has 0 aromatic carbocycles. The average molecular weight is 867 g/mol. The van der Waals surface area contributed by atoms with Gasteiger partial charge in [0.15, 0.2) is 30.9 Å². The molecule has 2 amide bonds. The first kappa shape index (κ1) is 51.7. The standard InChI is InChI=1S/C34H56N2O22.Na/c1-6-7-8-13(41)24-27(50-4)20(44)22(46)33(54-24)56-26-17(36-12(3)40)32(53-15(10-38)19(26)43)57-28-21(45)23(47)34(58-29(28)30(48)49)55-25-16(35-11(2)39)31(51-5)52-14(9-37)18(25)42;/h14-29,31-34,37-38,42-47H,6-10H2,1-5H3,(H,35,39)(H,36,40)(H,48,49);/q;+1/p-1/t14?,15?,16-,17-,18+,19+,20?,21?,22-,23-,24?,25?,26?,27-,28-,29?,31?,32?,33?,34?;/m0./s1. The maximum Gasteiger partial charge on any atom is 1.00 e. The van der Waals surface area contributed by atoms with Gasteiger partial charge in [-0.1, -0.05) is 13.3 Å². The fourth-order valence-electron chi connectivity index (χ4n) is 7.27. The summed E-state index contributed by atoms with van der Waals surface area (Å²) >= 11 is 0. The molecule has 12 unspecified atom stereocenters. The van der Waals surface area contributed by atoms with Crippen molar-refractivity contribution in [2.45, 2.75) is 163 Å². The van der Waals surface area contributed by atoms with Crippen molar-refractivity contribution in [2.75, 3.05) is 27.4 Å². The summed E-state index contributed by atoms with van der Waals surface area (Å²) in [5, 5.41) is 104. The van der Waals surface area contributed by atoms with Crippen molar-refractivity contribution in [3.05, 3.63) is 0 Å². The van der Waals surface area contributed by atoms with Gasteiger partial charge in [-0.3, -0.25) is 14.4 Å². The number of methoxy groups -OCH3 is 2. The number of carboxylic acid groups (broad SMARTS) is 1. The van der Waals surface area contributed by atoms with E-state index in [4.69, 9.17) is 42.6 Å². The second kappa shape index (κ2) is 23.2. The van der Waals surface area contributed by atoms with E-state index in [1.54, 1.807) is 0 Å². The van der Waals surface area contributed by atoms with Crippen molar-refractivity contribution >= 4 is 23.6 Å². The summed E-state index contributed by atoms with van der Waals surface area (Å²) in [6.45, 7) is 2.26. The fourth-order valence-corrected chi connectivity index (χ4v) is 7.27. The van der Waals surface area contributed by atoms with Gasteiger partial charge in [0, 0.05) is 34.5 Å². The summed E-state index contributed by atoms with van der Waals surface area (Å²) in [4.78, 5) is 50.1. The Hall–Kier alpha value is -1.60. The fraction of sp³-hybridized carbons (Fsp3) is 0.882. The number of Topliss-reactive ketones (excluding diaryl/α,β-unsaturated/α-hetero) is 1. The SMILES string of the molecule is CCCCC(=O)C1OC(OC2[C@H](O)C(CO)OC(O[C@@H]3C(C(=O)[O-])OC(OC4[C@H](O)C(CO)OC(OC)[C@H]4NC(C)=O)[C@@H](O)C3O)[C@H]2NC(C)=O)[C@@H](O)C(O)[C@@H]1OC.[Na+]. The molecule has 0 bridgehead atoms. The Balaban J connectivity index is 0.00000930. The molecule has 20 atom stereocenters. The van der Waals surface area contributed by atoms with E-state index in [9.17, 15) is 65.1 Å². The number of aliphatic hydroxyl groups excluding tert-OH is 8. The molecule has 10 N–H and O–H groups in total. The van der Waals surface area contributed by atoms with Gasteiger partial charge in [0.25, 0.3) is 0 Å². The average Bonchev–Trinajstić information content (AvgIpc) is 3.17. The number of hydrogen-bond donors (Lipinski definition) is 10. The number of carbonyl (C=O) groups is 4. The molecule has 4 fully saturated rings. The van der Waals surface area contributed by atoms with Crippen LogP contribution in [0, 0.1) is 0 Å². The smallest absolute Gasteiger partial charge is 0.547 e. The Morgan fingerprint density at radius 1 is 0.593 bits per heavy atom. The van der Waals surface area contributed by atoms with Crippen LogP contribution < -0.4 is 45.3 Å². The first-order chi connectivity index (χ1) is 27.4. The third-order valence-corrected chi connectivity index (χ3v) is 10.2. The molecule has 0 aliphatic carbocycles. The molecule has 4 rings (SSSR count). The van der Waals surface area contributed by atoms with E-state index < -0.39 is 159 Å². The first-order valence-corrected chi connectivity index (χ1v) is 18.7. The van der Waals surface area contributed by atoms with Crippen LogP contribution >= 0.6 is 0 Å². The number of ether oxygens (including phenoxy) is 9. The van der Waals surface area contributed by atoms with Gasteiger partial charge < -0.3 is 104 Å². The third kappa shape index (κ3) is 11.9. The monoisotopic (exact) mass is 866 g/mol. The Morgan fingerprint density at radius 2 is 1.03 bits per heavy atom. The minimum atomic E-state index is -2.34. The van der Waals surface area contributed by atoms with Crippen LogP contribution in [0.3, 0.4) is 0 Å². The summed E-state index contributed by atoms with van der Waals surface area (Å²) in [7, 11) is 2.36. The van der Waals surface area contributed by atoms with Crippen LogP contribution in [0.15, 0.2) is 0 Å². The number of carbonyl (C=O) groups excluding carboxylic acids is 4. The first-order valence-electron chi connectivity index (χ1n) is 18.7. The zero-order valence-corrected chi connectivity index (χ0v) is 35.4. The van der Waals surface area contributed by atoms with E-state index in [0.717, 1.165) is 13.8 Å². The molecular weight excluding hydrogens is 811 g/mol. The van der Waals surface area contributed by atoms with Gasteiger partial charge in [-0.25, -0.2) is 0 Å². The molecule has 0 saturated carbocycles. The molecule has 0 radical (unpaired) electrons. The van der Waals surface area contributed by atoms with E-state index >= 15 is 0 Å². The van der Waals surface area contributed by atoms with E-state index in [1.165, 1.54) is 14.2 Å². The van der Waals surface area contributed by atoms with E-state index in [2.05, 4.69) is 10.6 Å². The zero-order chi connectivity index (χ0) is 43.2. The molecule has 4 heterocycles. The molecule has 0 aromatic rings. The predicted octanol–water partition coefficient (Wildman–Crippen LogP) is -10.6. The molecule has 4 aliphatic heterocycles. The molecule has 334 valence electrons. The quantitative estimate of drug-likeness (QED) is 0.0607. The van der Waals surface area contributed by atoms with E-state index in [-0.39, 0.29) is 36.0 Å².